The van der Waals surface area contributed by atoms with Crippen molar-refractivity contribution in [3.8, 4) is 0 Å². The quantitative estimate of drug-likeness (QED) is 0.840. The molecule has 21 heavy (non-hydrogen) atoms. The largest absolute Gasteiger partial charge is 0.481 e. The molecule has 0 aromatic heterocycles. The highest BCUT2D eigenvalue weighted by Gasteiger charge is 2.33. The Kier molecular flexibility index (Phi) is 5.02. The summed E-state index contributed by atoms with van der Waals surface area (Å²) in [7, 11) is 0. The van der Waals surface area contributed by atoms with E-state index < -0.39 is 11.9 Å². The van der Waals surface area contributed by atoms with E-state index in [0.29, 0.717) is 17.9 Å². The molecule has 1 aliphatic carbocycles. The molecule has 1 aromatic rings. The van der Waals surface area contributed by atoms with Crippen LogP contribution >= 0.6 is 11.6 Å². The Labute approximate surface area is 128 Å². The molecular formula is C16H18ClNO3. The number of nitrogens with one attached hydrogen (secondary N) is 1. The number of carboxylic acid groups (broad SMARTS) is 1. The van der Waals surface area contributed by atoms with Crippen molar-refractivity contribution in [3.63, 3.8) is 0 Å². The van der Waals surface area contributed by atoms with Crippen LogP contribution in [0.5, 0.6) is 0 Å². The lowest BCUT2D eigenvalue weighted by molar-refractivity contribution is -0.142. The molecule has 0 radical (unpaired) electrons. The van der Waals surface area contributed by atoms with Crippen molar-refractivity contribution in [2.45, 2.75) is 32.2 Å². The fourth-order valence-corrected chi connectivity index (χ4v) is 2.73. The zero-order chi connectivity index (χ0) is 15.4. The number of halogens is 1. The van der Waals surface area contributed by atoms with Crippen LogP contribution in [0.4, 0.5) is 0 Å². The van der Waals surface area contributed by atoms with Crippen LogP contribution in [-0.4, -0.2) is 23.0 Å². The SMILES string of the molecule is Cc1ccc(C=CC(=O)NC2CCCC2C(=O)O)cc1Cl. The Morgan fingerprint density at radius 2 is 2.14 bits per heavy atom. The van der Waals surface area contributed by atoms with Crippen LogP contribution in [0.3, 0.4) is 0 Å². The molecule has 1 amide bonds. The summed E-state index contributed by atoms with van der Waals surface area (Å²) < 4.78 is 0. The van der Waals surface area contributed by atoms with Gasteiger partial charge < -0.3 is 10.4 Å². The summed E-state index contributed by atoms with van der Waals surface area (Å²) in [5.41, 5.74) is 1.82. The molecule has 0 bridgehead atoms. The van der Waals surface area contributed by atoms with Gasteiger partial charge in [-0.05, 0) is 43.0 Å². The van der Waals surface area contributed by atoms with Crippen LogP contribution in [0.1, 0.15) is 30.4 Å². The van der Waals surface area contributed by atoms with E-state index in [2.05, 4.69) is 5.32 Å². The van der Waals surface area contributed by atoms with Crippen molar-refractivity contribution in [1.29, 1.82) is 0 Å². The molecule has 1 saturated carbocycles. The van der Waals surface area contributed by atoms with E-state index in [4.69, 9.17) is 16.7 Å². The standard InChI is InChI=1S/C16H18ClNO3/c1-10-5-6-11(9-13(10)17)7-8-15(19)18-14-4-2-3-12(14)16(20)21/h5-9,12,14H,2-4H2,1H3,(H,18,19)(H,20,21). The zero-order valence-corrected chi connectivity index (χ0v) is 12.6. The van der Waals surface area contributed by atoms with Crippen LogP contribution in [0, 0.1) is 12.8 Å². The van der Waals surface area contributed by atoms with Gasteiger partial charge in [0.15, 0.2) is 0 Å². The van der Waals surface area contributed by atoms with Crippen molar-refractivity contribution < 1.29 is 14.7 Å². The first-order valence-electron chi connectivity index (χ1n) is 6.95. The second kappa shape index (κ2) is 6.76. The average molecular weight is 308 g/mol. The van der Waals surface area contributed by atoms with E-state index in [1.54, 1.807) is 12.1 Å². The lowest BCUT2D eigenvalue weighted by Gasteiger charge is -2.16. The molecule has 2 unspecified atom stereocenters. The maximum Gasteiger partial charge on any atom is 0.308 e. The maximum absolute atomic E-state index is 11.9. The molecule has 1 aliphatic rings. The van der Waals surface area contributed by atoms with Gasteiger partial charge in [0.05, 0.1) is 5.92 Å². The lowest BCUT2D eigenvalue weighted by atomic mass is 10.0. The van der Waals surface area contributed by atoms with Crippen LogP contribution in [0.2, 0.25) is 5.02 Å². The number of carbonyl (C=O) groups is 2. The third-order valence-corrected chi connectivity index (χ3v) is 4.19. The summed E-state index contributed by atoms with van der Waals surface area (Å²) in [6.45, 7) is 1.91. The minimum Gasteiger partial charge on any atom is -0.481 e. The fourth-order valence-electron chi connectivity index (χ4n) is 2.54. The summed E-state index contributed by atoms with van der Waals surface area (Å²) in [4.78, 5) is 22.9. The van der Waals surface area contributed by atoms with Crippen LogP contribution < -0.4 is 5.32 Å². The number of hydrogen-bond acceptors (Lipinski definition) is 2. The van der Waals surface area contributed by atoms with E-state index in [-0.39, 0.29) is 11.9 Å². The molecule has 5 heteroatoms. The molecule has 0 aliphatic heterocycles. The fraction of sp³-hybridized carbons (Fsp3) is 0.375. The van der Waals surface area contributed by atoms with Gasteiger partial charge >= 0.3 is 5.97 Å². The summed E-state index contributed by atoms with van der Waals surface area (Å²) in [5, 5.41) is 12.5. The topological polar surface area (TPSA) is 66.4 Å². The molecule has 2 N–H and O–H groups in total. The van der Waals surface area contributed by atoms with Gasteiger partial charge in [0, 0.05) is 17.1 Å². The third-order valence-electron chi connectivity index (χ3n) is 3.78. The predicted molar refractivity (Wildman–Crippen MR) is 82.1 cm³/mol. The molecule has 112 valence electrons. The van der Waals surface area contributed by atoms with Gasteiger partial charge in [-0.1, -0.05) is 30.2 Å². The Balaban J connectivity index is 1.96. The van der Waals surface area contributed by atoms with Gasteiger partial charge in [0.1, 0.15) is 0 Å². The van der Waals surface area contributed by atoms with E-state index in [1.165, 1.54) is 6.08 Å². The smallest absolute Gasteiger partial charge is 0.308 e. The molecule has 0 spiro atoms. The van der Waals surface area contributed by atoms with Gasteiger partial charge in [0.2, 0.25) is 5.91 Å². The first-order chi connectivity index (χ1) is 9.97. The van der Waals surface area contributed by atoms with Gasteiger partial charge in [-0.25, -0.2) is 0 Å². The van der Waals surface area contributed by atoms with Crippen molar-refractivity contribution >= 4 is 29.6 Å². The third kappa shape index (κ3) is 4.08. The van der Waals surface area contributed by atoms with Crippen molar-refractivity contribution in [3.05, 3.63) is 40.4 Å². The molecule has 0 saturated heterocycles. The molecule has 4 nitrogen and oxygen atoms in total. The zero-order valence-electron chi connectivity index (χ0n) is 11.8. The number of aryl methyl sites for hydroxylation is 1. The Bertz CT molecular complexity index is 583. The highest BCUT2D eigenvalue weighted by Crippen LogP contribution is 2.25. The van der Waals surface area contributed by atoms with Crippen LogP contribution in [0.25, 0.3) is 6.08 Å². The van der Waals surface area contributed by atoms with Crippen molar-refractivity contribution in [2.24, 2.45) is 5.92 Å². The average Bonchev–Trinajstić information content (AvgIpc) is 2.88. The van der Waals surface area contributed by atoms with Crippen LogP contribution in [0.15, 0.2) is 24.3 Å². The molecule has 2 atom stereocenters. The summed E-state index contributed by atoms with van der Waals surface area (Å²) >= 11 is 6.02. The van der Waals surface area contributed by atoms with Gasteiger partial charge in [-0.2, -0.15) is 0 Å². The molecular weight excluding hydrogens is 290 g/mol. The van der Waals surface area contributed by atoms with E-state index in [0.717, 1.165) is 17.5 Å². The first-order valence-corrected chi connectivity index (χ1v) is 7.32. The maximum atomic E-state index is 11.9. The summed E-state index contributed by atoms with van der Waals surface area (Å²) in [6.07, 6.45) is 5.26. The molecule has 1 fully saturated rings. The van der Waals surface area contributed by atoms with Crippen LogP contribution in [-0.2, 0) is 9.59 Å². The number of amides is 1. The highest BCUT2D eigenvalue weighted by molar-refractivity contribution is 6.31. The van der Waals surface area contributed by atoms with Gasteiger partial charge in [0.25, 0.3) is 0 Å². The number of benzene rings is 1. The molecule has 2 rings (SSSR count). The highest BCUT2D eigenvalue weighted by atomic mass is 35.5. The lowest BCUT2D eigenvalue weighted by Crippen LogP contribution is -2.39. The Morgan fingerprint density at radius 1 is 1.38 bits per heavy atom. The minimum atomic E-state index is -0.841. The van der Waals surface area contributed by atoms with Gasteiger partial charge in [-0.15, -0.1) is 0 Å². The first kappa shape index (κ1) is 15.6. The predicted octanol–water partition coefficient (Wildman–Crippen LogP) is 3.03. The normalized spacial score (nSPS) is 21.6. The number of hydrogen-bond donors (Lipinski definition) is 2. The number of rotatable bonds is 4. The monoisotopic (exact) mass is 307 g/mol. The number of carbonyl (C=O) groups excluding carboxylic acids is 1. The number of carboxylic acids is 1. The Morgan fingerprint density at radius 3 is 2.81 bits per heavy atom. The molecule has 1 aromatic carbocycles. The van der Waals surface area contributed by atoms with E-state index >= 15 is 0 Å². The Hall–Kier alpha value is -1.81. The second-order valence-corrected chi connectivity index (χ2v) is 5.74. The van der Waals surface area contributed by atoms with Crippen molar-refractivity contribution in [1.82, 2.24) is 5.32 Å². The van der Waals surface area contributed by atoms with Crippen molar-refractivity contribution in [2.75, 3.05) is 0 Å². The summed E-state index contributed by atoms with van der Waals surface area (Å²) in [5.74, 6) is -1.59. The number of aliphatic carboxylic acids is 1. The van der Waals surface area contributed by atoms with E-state index in [9.17, 15) is 9.59 Å². The molecule has 0 heterocycles. The van der Waals surface area contributed by atoms with Gasteiger partial charge in [-0.3, -0.25) is 9.59 Å². The second-order valence-electron chi connectivity index (χ2n) is 5.33. The summed E-state index contributed by atoms with van der Waals surface area (Å²) in [6, 6.07) is 5.27. The minimum absolute atomic E-state index is 0.273. The van der Waals surface area contributed by atoms with E-state index in [1.807, 2.05) is 19.1 Å².